The van der Waals surface area contributed by atoms with E-state index in [2.05, 4.69) is 27.3 Å². The van der Waals surface area contributed by atoms with Crippen LogP contribution in [-0.2, 0) is 11.3 Å². The smallest absolute Gasteiger partial charge is 0.223 e. The SMILES string of the molecule is O=C(NC[C@H]1[C@H](c2ccccc2)[C@@H](CO)N1Cc1ccccn1)C1CCC1. The number of hydrogen-bond donors (Lipinski definition) is 2. The fourth-order valence-electron chi connectivity index (χ4n) is 4.33. The number of aliphatic hydroxyl groups is 1. The summed E-state index contributed by atoms with van der Waals surface area (Å²) in [5.41, 5.74) is 2.20. The number of carbonyl (C=O) groups is 1. The molecule has 2 fully saturated rings. The van der Waals surface area contributed by atoms with Gasteiger partial charge in [0.2, 0.25) is 5.91 Å². The molecule has 0 spiro atoms. The summed E-state index contributed by atoms with van der Waals surface area (Å²) >= 11 is 0. The zero-order valence-electron chi connectivity index (χ0n) is 15.5. The molecule has 1 aliphatic heterocycles. The van der Waals surface area contributed by atoms with Crippen molar-refractivity contribution >= 4 is 5.91 Å². The van der Waals surface area contributed by atoms with Crippen LogP contribution in [-0.4, -0.2) is 46.1 Å². The van der Waals surface area contributed by atoms with Gasteiger partial charge in [-0.25, -0.2) is 0 Å². The summed E-state index contributed by atoms with van der Waals surface area (Å²) in [5.74, 6) is 0.582. The molecule has 5 heteroatoms. The van der Waals surface area contributed by atoms with Crippen molar-refractivity contribution in [2.75, 3.05) is 13.2 Å². The van der Waals surface area contributed by atoms with Crippen LogP contribution in [0.2, 0.25) is 0 Å². The van der Waals surface area contributed by atoms with Crippen molar-refractivity contribution in [2.45, 2.75) is 43.8 Å². The molecular formula is C22H27N3O2. The molecule has 1 aromatic carbocycles. The quantitative estimate of drug-likeness (QED) is 0.790. The average molecular weight is 365 g/mol. The molecule has 2 aromatic rings. The van der Waals surface area contributed by atoms with Gasteiger partial charge in [-0.3, -0.25) is 14.7 Å². The van der Waals surface area contributed by atoms with Crippen LogP contribution >= 0.6 is 0 Å². The lowest BCUT2D eigenvalue weighted by Gasteiger charge is -2.55. The van der Waals surface area contributed by atoms with Crippen molar-refractivity contribution in [2.24, 2.45) is 5.92 Å². The second-order valence-electron chi connectivity index (χ2n) is 7.62. The molecule has 2 N–H and O–H groups in total. The summed E-state index contributed by atoms with van der Waals surface area (Å²) in [5, 5.41) is 13.2. The van der Waals surface area contributed by atoms with Gasteiger partial charge < -0.3 is 10.4 Å². The number of nitrogens with one attached hydrogen (secondary N) is 1. The predicted octanol–water partition coefficient (Wildman–Crippen LogP) is 2.33. The largest absolute Gasteiger partial charge is 0.395 e. The lowest BCUT2D eigenvalue weighted by atomic mass is 9.74. The van der Waals surface area contributed by atoms with Crippen molar-refractivity contribution in [3.8, 4) is 0 Å². The number of benzene rings is 1. The molecule has 2 aliphatic rings. The topological polar surface area (TPSA) is 65.5 Å². The number of rotatable bonds is 7. The fraction of sp³-hybridized carbons (Fsp3) is 0.455. The molecule has 1 saturated carbocycles. The molecule has 27 heavy (non-hydrogen) atoms. The summed E-state index contributed by atoms with van der Waals surface area (Å²) in [4.78, 5) is 19.1. The summed E-state index contributed by atoms with van der Waals surface area (Å²) in [7, 11) is 0. The van der Waals surface area contributed by atoms with Crippen LogP contribution in [0, 0.1) is 5.92 Å². The second kappa shape index (κ2) is 8.19. The molecule has 1 aromatic heterocycles. The van der Waals surface area contributed by atoms with Crippen LogP contribution in [0.1, 0.15) is 36.4 Å². The lowest BCUT2D eigenvalue weighted by molar-refractivity contribution is -0.128. The van der Waals surface area contributed by atoms with E-state index in [4.69, 9.17) is 0 Å². The van der Waals surface area contributed by atoms with Crippen LogP contribution in [0.5, 0.6) is 0 Å². The first-order valence-corrected chi connectivity index (χ1v) is 9.87. The van der Waals surface area contributed by atoms with Crippen LogP contribution in [0.4, 0.5) is 0 Å². The molecule has 0 bridgehead atoms. The highest BCUT2D eigenvalue weighted by atomic mass is 16.3. The maximum absolute atomic E-state index is 12.3. The van der Waals surface area contributed by atoms with Gasteiger partial charge in [0.25, 0.3) is 0 Å². The number of likely N-dealkylation sites (tertiary alicyclic amines) is 1. The highest BCUT2D eigenvalue weighted by Gasteiger charge is 2.48. The Morgan fingerprint density at radius 1 is 1.11 bits per heavy atom. The van der Waals surface area contributed by atoms with Crippen molar-refractivity contribution < 1.29 is 9.90 Å². The molecule has 3 atom stereocenters. The van der Waals surface area contributed by atoms with Gasteiger partial charge >= 0.3 is 0 Å². The van der Waals surface area contributed by atoms with Crippen LogP contribution in [0.15, 0.2) is 54.7 Å². The molecule has 2 heterocycles. The Kier molecular flexibility index (Phi) is 5.50. The minimum atomic E-state index is 0.0417. The van der Waals surface area contributed by atoms with E-state index in [9.17, 15) is 9.90 Å². The predicted molar refractivity (Wildman–Crippen MR) is 104 cm³/mol. The van der Waals surface area contributed by atoms with Gasteiger partial charge in [0.05, 0.1) is 12.3 Å². The standard InChI is InChI=1S/C22H27N3O2/c26-15-20-21(16-7-2-1-3-8-16)19(13-24-22(27)17-9-6-10-17)25(20)14-18-11-4-5-12-23-18/h1-5,7-8,11-12,17,19-21,26H,6,9-10,13-15H2,(H,24,27)/t19-,20+,21-/m0/s1. The second-order valence-corrected chi connectivity index (χ2v) is 7.62. The summed E-state index contributed by atoms with van der Waals surface area (Å²) in [6.07, 6.45) is 4.97. The van der Waals surface area contributed by atoms with E-state index in [1.807, 2.05) is 36.4 Å². The monoisotopic (exact) mass is 365 g/mol. The van der Waals surface area contributed by atoms with Crippen LogP contribution in [0.25, 0.3) is 0 Å². The summed E-state index contributed by atoms with van der Waals surface area (Å²) in [6.45, 7) is 1.39. The highest BCUT2D eigenvalue weighted by Crippen LogP contribution is 2.41. The van der Waals surface area contributed by atoms with Gasteiger partial charge in [0.1, 0.15) is 0 Å². The van der Waals surface area contributed by atoms with Crippen molar-refractivity contribution in [1.82, 2.24) is 15.2 Å². The van der Waals surface area contributed by atoms with E-state index in [1.54, 1.807) is 6.20 Å². The molecule has 4 rings (SSSR count). The van der Waals surface area contributed by atoms with Gasteiger partial charge in [0, 0.05) is 43.2 Å². The van der Waals surface area contributed by atoms with Crippen molar-refractivity contribution in [3.05, 3.63) is 66.0 Å². The highest BCUT2D eigenvalue weighted by molar-refractivity contribution is 5.79. The van der Waals surface area contributed by atoms with Crippen LogP contribution in [0.3, 0.4) is 0 Å². The average Bonchev–Trinajstić information content (AvgIpc) is 2.65. The molecular weight excluding hydrogens is 338 g/mol. The Balaban J connectivity index is 1.51. The Bertz CT molecular complexity index is 749. The number of aromatic nitrogens is 1. The fourth-order valence-corrected chi connectivity index (χ4v) is 4.33. The van der Waals surface area contributed by atoms with Gasteiger partial charge in [-0.15, -0.1) is 0 Å². The lowest BCUT2D eigenvalue weighted by Crippen LogP contribution is -2.66. The van der Waals surface area contributed by atoms with E-state index in [0.717, 1.165) is 25.0 Å². The third-order valence-corrected chi connectivity index (χ3v) is 6.08. The molecule has 5 nitrogen and oxygen atoms in total. The summed E-state index contributed by atoms with van der Waals surface area (Å²) in [6, 6.07) is 16.4. The third kappa shape index (κ3) is 3.75. The minimum Gasteiger partial charge on any atom is -0.395 e. The maximum atomic E-state index is 12.3. The number of carbonyl (C=O) groups excluding carboxylic acids is 1. The number of nitrogens with zero attached hydrogens (tertiary/aromatic N) is 2. The third-order valence-electron chi connectivity index (χ3n) is 6.08. The van der Waals surface area contributed by atoms with Crippen molar-refractivity contribution in [1.29, 1.82) is 0 Å². The molecule has 0 radical (unpaired) electrons. The molecule has 1 amide bonds. The first-order valence-electron chi connectivity index (χ1n) is 9.87. The zero-order valence-corrected chi connectivity index (χ0v) is 15.5. The Morgan fingerprint density at radius 3 is 2.52 bits per heavy atom. The van der Waals surface area contributed by atoms with E-state index in [-0.39, 0.29) is 36.4 Å². The van der Waals surface area contributed by atoms with E-state index in [0.29, 0.717) is 13.1 Å². The van der Waals surface area contributed by atoms with Gasteiger partial charge in [-0.05, 0) is 30.5 Å². The molecule has 142 valence electrons. The van der Waals surface area contributed by atoms with E-state index >= 15 is 0 Å². The zero-order chi connectivity index (χ0) is 18.6. The first-order chi connectivity index (χ1) is 13.3. The van der Waals surface area contributed by atoms with Gasteiger partial charge in [-0.1, -0.05) is 42.8 Å². The van der Waals surface area contributed by atoms with E-state index in [1.165, 1.54) is 5.56 Å². The van der Waals surface area contributed by atoms with E-state index < -0.39 is 0 Å². The number of pyridine rings is 1. The number of hydrogen-bond acceptors (Lipinski definition) is 4. The Morgan fingerprint density at radius 2 is 1.89 bits per heavy atom. The molecule has 0 unspecified atom stereocenters. The normalized spacial score (nSPS) is 25.4. The minimum absolute atomic E-state index is 0.0417. The number of amides is 1. The molecule has 1 aliphatic carbocycles. The van der Waals surface area contributed by atoms with Crippen LogP contribution < -0.4 is 5.32 Å². The summed E-state index contributed by atoms with van der Waals surface area (Å²) < 4.78 is 0. The van der Waals surface area contributed by atoms with Gasteiger partial charge in [-0.2, -0.15) is 0 Å². The van der Waals surface area contributed by atoms with Gasteiger partial charge in [0.15, 0.2) is 0 Å². The Labute approximate surface area is 160 Å². The van der Waals surface area contributed by atoms with Crippen molar-refractivity contribution in [3.63, 3.8) is 0 Å². The Hall–Kier alpha value is -2.24. The number of aliphatic hydroxyl groups excluding tert-OH is 1. The molecule has 1 saturated heterocycles. The first kappa shape index (κ1) is 18.1. The maximum Gasteiger partial charge on any atom is 0.223 e.